The number of primary amides is 1. The standard InChI is InChI=1S/C25H27N3O5/c1-31-20-7-6-16(13-18(20)25(30)32-2)24-27-19-11-14(10-17(23(26)29)15-4-5-15)12-21-22(19)28(24)8-3-9-33-21/h6-7,11-13,15,17H,3-5,8-10H2,1-2H3,(H2,26,29)/t17-/m0/s1. The zero-order chi connectivity index (χ0) is 23.1. The number of esters is 1. The Balaban J connectivity index is 1.61. The number of nitrogens with two attached hydrogens (primary N) is 1. The lowest BCUT2D eigenvalue weighted by atomic mass is 9.94. The van der Waals surface area contributed by atoms with Crippen molar-refractivity contribution in [2.45, 2.75) is 32.2 Å². The molecule has 2 heterocycles. The number of hydrogen-bond donors (Lipinski definition) is 1. The first-order chi connectivity index (χ1) is 16.0. The molecule has 0 bridgehead atoms. The van der Waals surface area contributed by atoms with Crippen LogP contribution in [-0.2, 0) is 22.5 Å². The quantitative estimate of drug-likeness (QED) is 0.555. The van der Waals surface area contributed by atoms with Gasteiger partial charge < -0.3 is 24.5 Å². The minimum absolute atomic E-state index is 0.161. The van der Waals surface area contributed by atoms with Gasteiger partial charge in [0.2, 0.25) is 5.91 Å². The van der Waals surface area contributed by atoms with Crippen LogP contribution in [0.1, 0.15) is 35.2 Å². The van der Waals surface area contributed by atoms with Crippen molar-refractivity contribution >= 4 is 22.9 Å². The molecule has 1 amide bonds. The molecule has 0 unspecified atom stereocenters. The molecule has 0 spiro atoms. The van der Waals surface area contributed by atoms with E-state index in [0.717, 1.165) is 59.5 Å². The number of nitrogens with zero attached hydrogens (tertiary/aromatic N) is 2. The van der Waals surface area contributed by atoms with Crippen LogP contribution in [0, 0.1) is 11.8 Å². The third kappa shape index (κ3) is 3.90. The van der Waals surface area contributed by atoms with Crippen molar-refractivity contribution in [3.8, 4) is 22.9 Å². The van der Waals surface area contributed by atoms with E-state index in [9.17, 15) is 9.59 Å². The topological polar surface area (TPSA) is 106 Å². The number of benzene rings is 2. The van der Waals surface area contributed by atoms with E-state index >= 15 is 0 Å². The number of carbonyl (C=O) groups excluding carboxylic acids is 2. The molecule has 3 aromatic rings. The fraction of sp³-hybridized carbons (Fsp3) is 0.400. The van der Waals surface area contributed by atoms with Gasteiger partial charge >= 0.3 is 5.97 Å². The molecule has 1 atom stereocenters. The molecule has 1 aliphatic heterocycles. The van der Waals surface area contributed by atoms with Gasteiger partial charge in [-0.2, -0.15) is 0 Å². The predicted octanol–water partition coefficient (Wildman–Crippen LogP) is 3.34. The van der Waals surface area contributed by atoms with Gasteiger partial charge in [-0.25, -0.2) is 9.78 Å². The highest BCUT2D eigenvalue weighted by Crippen LogP contribution is 2.40. The molecule has 5 rings (SSSR count). The summed E-state index contributed by atoms with van der Waals surface area (Å²) in [5, 5.41) is 0. The highest BCUT2D eigenvalue weighted by Gasteiger charge is 2.35. The summed E-state index contributed by atoms with van der Waals surface area (Å²) in [6.07, 6.45) is 3.52. The summed E-state index contributed by atoms with van der Waals surface area (Å²) in [5.41, 5.74) is 9.53. The molecule has 1 saturated carbocycles. The summed E-state index contributed by atoms with van der Waals surface area (Å²) in [5.74, 6) is 1.46. The second-order valence-corrected chi connectivity index (χ2v) is 8.71. The second-order valence-electron chi connectivity index (χ2n) is 8.71. The van der Waals surface area contributed by atoms with Gasteiger partial charge in [-0.1, -0.05) is 0 Å². The third-order valence-corrected chi connectivity index (χ3v) is 6.53. The normalized spacial score (nSPS) is 16.1. The van der Waals surface area contributed by atoms with Crippen molar-refractivity contribution < 1.29 is 23.8 Å². The van der Waals surface area contributed by atoms with Crippen molar-refractivity contribution in [3.05, 3.63) is 41.5 Å². The first kappa shape index (κ1) is 21.3. The van der Waals surface area contributed by atoms with Crippen molar-refractivity contribution in [2.24, 2.45) is 17.6 Å². The lowest BCUT2D eigenvalue weighted by Gasteiger charge is -2.14. The monoisotopic (exact) mass is 449 g/mol. The first-order valence-corrected chi connectivity index (χ1v) is 11.2. The minimum Gasteiger partial charge on any atom is -0.496 e. The van der Waals surface area contributed by atoms with Crippen molar-refractivity contribution in [1.82, 2.24) is 9.55 Å². The lowest BCUT2D eigenvalue weighted by molar-refractivity contribution is -0.122. The number of amides is 1. The number of aryl methyl sites for hydroxylation is 1. The van der Waals surface area contributed by atoms with E-state index in [4.69, 9.17) is 24.9 Å². The van der Waals surface area contributed by atoms with Crippen LogP contribution >= 0.6 is 0 Å². The van der Waals surface area contributed by atoms with E-state index in [0.29, 0.717) is 30.3 Å². The van der Waals surface area contributed by atoms with Gasteiger partial charge in [0.05, 0.1) is 26.3 Å². The molecule has 1 fully saturated rings. The van der Waals surface area contributed by atoms with Crippen LogP contribution in [0.15, 0.2) is 30.3 Å². The number of aromatic nitrogens is 2. The Hall–Kier alpha value is -3.55. The summed E-state index contributed by atoms with van der Waals surface area (Å²) in [6.45, 7) is 1.33. The van der Waals surface area contributed by atoms with Crippen LogP contribution in [0.3, 0.4) is 0 Å². The van der Waals surface area contributed by atoms with E-state index in [1.54, 1.807) is 12.1 Å². The largest absolute Gasteiger partial charge is 0.496 e. The summed E-state index contributed by atoms with van der Waals surface area (Å²) < 4.78 is 18.5. The van der Waals surface area contributed by atoms with Crippen LogP contribution in [-0.4, -0.2) is 42.3 Å². The molecule has 0 radical (unpaired) electrons. The molecular formula is C25H27N3O5. The molecule has 2 N–H and O–H groups in total. The molecule has 172 valence electrons. The summed E-state index contributed by atoms with van der Waals surface area (Å²) in [4.78, 5) is 29.2. The molecule has 33 heavy (non-hydrogen) atoms. The molecule has 2 aliphatic rings. The molecule has 8 nitrogen and oxygen atoms in total. The number of methoxy groups -OCH3 is 2. The number of ether oxygens (including phenoxy) is 3. The van der Waals surface area contributed by atoms with Crippen molar-refractivity contribution in [1.29, 1.82) is 0 Å². The van der Waals surface area contributed by atoms with Crippen molar-refractivity contribution in [2.75, 3.05) is 20.8 Å². The average molecular weight is 450 g/mol. The van der Waals surface area contributed by atoms with Crippen LogP contribution in [0.5, 0.6) is 11.5 Å². The summed E-state index contributed by atoms with van der Waals surface area (Å²) in [6, 6.07) is 9.43. The van der Waals surface area contributed by atoms with E-state index < -0.39 is 5.97 Å². The average Bonchev–Trinajstić information content (AvgIpc) is 3.62. The van der Waals surface area contributed by atoms with Gasteiger partial charge in [-0.05, 0) is 67.5 Å². The fourth-order valence-corrected chi connectivity index (χ4v) is 4.72. The smallest absolute Gasteiger partial charge is 0.341 e. The van der Waals surface area contributed by atoms with Crippen LogP contribution in [0.4, 0.5) is 0 Å². The number of hydrogen-bond acceptors (Lipinski definition) is 6. The van der Waals surface area contributed by atoms with Gasteiger partial charge in [0.25, 0.3) is 0 Å². The predicted molar refractivity (Wildman–Crippen MR) is 122 cm³/mol. The summed E-state index contributed by atoms with van der Waals surface area (Å²) in [7, 11) is 2.86. The van der Waals surface area contributed by atoms with Crippen LogP contribution in [0.2, 0.25) is 0 Å². The van der Waals surface area contributed by atoms with Gasteiger partial charge in [0.15, 0.2) is 0 Å². The summed E-state index contributed by atoms with van der Waals surface area (Å²) >= 11 is 0. The maximum Gasteiger partial charge on any atom is 0.341 e. The third-order valence-electron chi connectivity index (χ3n) is 6.53. The van der Waals surface area contributed by atoms with E-state index in [2.05, 4.69) is 4.57 Å². The molecular weight excluding hydrogens is 422 g/mol. The van der Waals surface area contributed by atoms with Crippen LogP contribution in [0.25, 0.3) is 22.4 Å². The van der Waals surface area contributed by atoms with E-state index in [-0.39, 0.29) is 11.8 Å². The lowest BCUT2D eigenvalue weighted by Crippen LogP contribution is -2.26. The van der Waals surface area contributed by atoms with Crippen LogP contribution < -0.4 is 15.2 Å². The molecule has 8 heteroatoms. The Morgan fingerprint density at radius 1 is 1.24 bits per heavy atom. The maximum atomic E-state index is 12.3. The Bertz CT molecular complexity index is 1240. The van der Waals surface area contributed by atoms with Gasteiger partial charge in [0.1, 0.15) is 28.4 Å². The molecule has 0 saturated heterocycles. The van der Waals surface area contributed by atoms with Crippen molar-refractivity contribution in [3.63, 3.8) is 0 Å². The van der Waals surface area contributed by atoms with E-state index in [1.165, 1.54) is 14.2 Å². The minimum atomic E-state index is -0.468. The second kappa shape index (κ2) is 8.42. The zero-order valence-electron chi connectivity index (χ0n) is 18.8. The molecule has 1 aliphatic carbocycles. The number of imidazole rings is 1. The Morgan fingerprint density at radius 2 is 2.06 bits per heavy atom. The first-order valence-electron chi connectivity index (χ1n) is 11.2. The SMILES string of the molecule is COC(=O)c1cc(-c2nc3cc(C[C@H](C(N)=O)C4CC4)cc4c3n2CCCO4)ccc1OC. The van der Waals surface area contributed by atoms with Gasteiger partial charge in [-0.15, -0.1) is 0 Å². The van der Waals surface area contributed by atoms with E-state index in [1.807, 2.05) is 18.2 Å². The zero-order valence-corrected chi connectivity index (χ0v) is 18.8. The Kier molecular flexibility index (Phi) is 5.44. The maximum absolute atomic E-state index is 12.3. The molecule has 2 aromatic carbocycles. The highest BCUT2D eigenvalue weighted by atomic mass is 16.5. The Morgan fingerprint density at radius 3 is 2.76 bits per heavy atom. The number of rotatable bonds is 7. The number of carbonyl (C=O) groups is 2. The Labute approximate surface area is 191 Å². The molecule has 1 aromatic heterocycles. The van der Waals surface area contributed by atoms with Gasteiger partial charge in [0, 0.05) is 18.0 Å². The van der Waals surface area contributed by atoms with Gasteiger partial charge in [-0.3, -0.25) is 4.79 Å². The highest BCUT2D eigenvalue weighted by molar-refractivity contribution is 5.94. The fourth-order valence-electron chi connectivity index (χ4n) is 4.72.